The summed E-state index contributed by atoms with van der Waals surface area (Å²) in [5.41, 5.74) is 0.664. The van der Waals surface area contributed by atoms with Gasteiger partial charge in [-0.25, -0.2) is 0 Å². The zero-order valence-corrected chi connectivity index (χ0v) is 14.5. The monoisotopic (exact) mass is 350 g/mol. The van der Waals surface area contributed by atoms with Gasteiger partial charge in [0.15, 0.2) is 0 Å². The summed E-state index contributed by atoms with van der Waals surface area (Å²) in [6.45, 7) is 5.15. The van der Waals surface area contributed by atoms with E-state index in [1.807, 2.05) is 6.92 Å². The summed E-state index contributed by atoms with van der Waals surface area (Å²) in [7, 11) is 0. The Hall–Kier alpha value is -2.03. The molecular formula is C17H26N4O4. The molecule has 0 radical (unpaired) electrons. The molecule has 2 rings (SSSR count). The molecule has 0 aromatic carbocycles. The number of β-amino-alcohol motifs (C(OH)–C–C–N with tert-alkyl or cyclic N) is 1. The third-order valence-corrected chi connectivity index (χ3v) is 4.37. The van der Waals surface area contributed by atoms with Crippen LogP contribution in [0.1, 0.15) is 34.2 Å². The summed E-state index contributed by atoms with van der Waals surface area (Å²) in [5.74, 6) is -0.470. The average Bonchev–Trinajstić information content (AvgIpc) is 2.66. The molecule has 0 saturated carbocycles. The number of hydrogen-bond acceptors (Lipinski definition) is 6. The van der Waals surface area contributed by atoms with Crippen LogP contribution in [-0.4, -0.2) is 88.8 Å². The largest absolute Gasteiger partial charge is 0.395 e. The summed E-state index contributed by atoms with van der Waals surface area (Å²) in [6, 6.07) is 2.84. The summed E-state index contributed by atoms with van der Waals surface area (Å²) in [4.78, 5) is 32.5. The molecule has 1 fully saturated rings. The predicted molar refractivity (Wildman–Crippen MR) is 92.3 cm³/mol. The highest BCUT2D eigenvalue weighted by Gasteiger charge is 2.23. The number of nitrogens with one attached hydrogen (secondary N) is 1. The number of piperazine rings is 1. The summed E-state index contributed by atoms with van der Waals surface area (Å²) in [5, 5.41) is 20.8. The fourth-order valence-electron chi connectivity index (χ4n) is 2.68. The highest BCUT2D eigenvalue weighted by Crippen LogP contribution is 2.08. The minimum absolute atomic E-state index is 0.117. The number of aliphatic hydroxyl groups excluding tert-OH is 2. The van der Waals surface area contributed by atoms with Crippen molar-refractivity contribution >= 4 is 11.8 Å². The highest BCUT2D eigenvalue weighted by molar-refractivity contribution is 5.96. The fraction of sp³-hybridized carbons (Fsp3) is 0.588. The zero-order valence-electron chi connectivity index (χ0n) is 14.5. The molecule has 8 heteroatoms. The van der Waals surface area contributed by atoms with E-state index in [0.717, 1.165) is 13.1 Å². The molecule has 1 aliphatic rings. The van der Waals surface area contributed by atoms with Gasteiger partial charge in [-0.3, -0.25) is 19.5 Å². The van der Waals surface area contributed by atoms with E-state index in [1.165, 1.54) is 6.20 Å². The molecule has 1 saturated heterocycles. The van der Waals surface area contributed by atoms with Crippen molar-refractivity contribution in [1.82, 2.24) is 20.1 Å². The van der Waals surface area contributed by atoms with E-state index >= 15 is 0 Å². The normalized spacial score (nSPS) is 16.5. The Morgan fingerprint density at radius 1 is 1.24 bits per heavy atom. The maximum absolute atomic E-state index is 12.5. The number of rotatable bonds is 7. The third-order valence-electron chi connectivity index (χ3n) is 4.37. The molecule has 1 atom stereocenters. The third kappa shape index (κ3) is 5.22. The number of nitrogens with zero attached hydrogens (tertiary/aromatic N) is 3. The molecule has 8 nitrogen and oxygen atoms in total. The molecule has 0 spiro atoms. The number of pyridine rings is 1. The van der Waals surface area contributed by atoms with Crippen molar-refractivity contribution in [3.8, 4) is 0 Å². The highest BCUT2D eigenvalue weighted by atomic mass is 16.3. The number of aromatic nitrogens is 1. The van der Waals surface area contributed by atoms with Gasteiger partial charge >= 0.3 is 0 Å². The van der Waals surface area contributed by atoms with E-state index in [9.17, 15) is 9.59 Å². The fourth-order valence-corrected chi connectivity index (χ4v) is 2.68. The molecule has 0 aliphatic carbocycles. The van der Waals surface area contributed by atoms with Gasteiger partial charge in [0, 0.05) is 38.9 Å². The van der Waals surface area contributed by atoms with Gasteiger partial charge < -0.3 is 20.4 Å². The van der Waals surface area contributed by atoms with E-state index in [0.29, 0.717) is 37.3 Å². The molecule has 1 aliphatic heterocycles. The summed E-state index contributed by atoms with van der Waals surface area (Å²) in [6.07, 6.45) is 2.02. The van der Waals surface area contributed by atoms with Gasteiger partial charge in [0.25, 0.3) is 11.8 Å². The summed E-state index contributed by atoms with van der Waals surface area (Å²) >= 11 is 0. The first-order valence-corrected chi connectivity index (χ1v) is 8.59. The molecular weight excluding hydrogens is 324 g/mol. The number of amides is 2. The van der Waals surface area contributed by atoms with Gasteiger partial charge in [-0.05, 0) is 18.6 Å². The van der Waals surface area contributed by atoms with Crippen molar-refractivity contribution in [2.24, 2.45) is 0 Å². The number of carbonyl (C=O) groups is 2. The smallest absolute Gasteiger partial charge is 0.272 e. The lowest BCUT2D eigenvalue weighted by Gasteiger charge is -2.34. The van der Waals surface area contributed by atoms with Crippen molar-refractivity contribution in [2.75, 3.05) is 45.9 Å². The summed E-state index contributed by atoms with van der Waals surface area (Å²) < 4.78 is 0. The van der Waals surface area contributed by atoms with Gasteiger partial charge in [-0.15, -0.1) is 0 Å². The van der Waals surface area contributed by atoms with E-state index < -0.39 is 0 Å². The predicted octanol–water partition coefficient (Wildman–Crippen LogP) is -0.668. The van der Waals surface area contributed by atoms with Crippen LogP contribution in [0.4, 0.5) is 0 Å². The Bertz CT molecular complexity index is 567. The van der Waals surface area contributed by atoms with Gasteiger partial charge in [0.1, 0.15) is 5.69 Å². The first-order chi connectivity index (χ1) is 12.1. The van der Waals surface area contributed by atoms with E-state index in [4.69, 9.17) is 10.2 Å². The Kier molecular flexibility index (Phi) is 7.30. The second kappa shape index (κ2) is 9.45. The van der Waals surface area contributed by atoms with Crippen LogP contribution in [0.5, 0.6) is 0 Å². The Labute approximate surface area is 147 Å². The zero-order chi connectivity index (χ0) is 18.2. The van der Waals surface area contributed by atoms with Gasteiger partial charge in [0.2, 0.25) is 0 Å². The first-order valence-electron chi connectivity index (χ1n) is 8.59. The second-order valence-electron chi connectivity index (χ2n) is 6.05. The van der Waals surface area contributed by atoms with E-state index in [2.05, 4.69) is 15.2 Å². The van der Waals surface area contributed by atoms with Crippen molar-refractivity contribution in [1.29, 1.82) is 0 Å². The maximum atomic E-state index is 12.5. The maximum Gasteiger partial charge on any atom is 0.272 e. The second-order valence-corrected chi connectivity index (χ2v) is 6.05. The number of hydrogen-bond donors (Lipinski definition) is 3. The van der Waals surface area contributed by atoms with Crippen molar-refractivity contribution < 1.29 is 19.8 Å². The molecule has 2 heterocycles. The van der Waals surface area contributed by atoms with Gasteiger partial charge in [-0.2, -0.15) is 0 Å². The van der Waals surface area contributed by atoms with E-state index in [-0.39, 0.29) is 31.1 Å². The topological polar surface area (TPSA) is 106 Å². The molecule has 1 aromatic heterocycles. The lowest BCUT2D eigenvalue weighted by atomic mass is 10.2. The lowest BCUT2D eigenvalue weighted by Crippen LogP contribution is -2.49. The van der Waals surface area contributed by atoms with Crippen LogP contribution in [0.2, 0.25) is 0 Å². The van der Waals surface area contributed by atoms with Gasteiger partial charge in [0.05, 0.1) is 24.8 Å². The quantitative estimate of drug-likeness (QED) is 0.602. The number of aliphatic hydroxyl groups is 2. The van der Waals surface area contributed by atoms with Gasteiger partial charge in [-0.1, -0.05) is 6.92 Å². The van der Waals surface area contributed by atoms with Crippen molar-refractivity contribution in [3.63, 3.8) is 0 Å². The molecule has 2 amide bonds. The lowest BCUT2D eigenvalue weighted by molar-refractivity contribution is 0.0609. The Morgan fingerprint density at radius 2 is 1.96 bits per heavy atom. The minimum atomic E-state index is -0.315. The van der Waals surface area contributed by atoms with Crippen molar-refractivity contribution in [3.05, 3.63) is 29.6 Å². The van der Waals surface area contributed by atoms with Crippen LogP contribution in [0.25, 0.3) is 0 Å². The SMILES string of the molecule is CCC(CO)NC(=O)c1ccc(C(=O)N2CCN(CCO)CC2)nc1. The van der Waals surface area contributed by atoms with Crippen molar-refractivity contribution in [2.45, 2.75) is 19.4 Å². The average molecular weight is 350 g/mol. The standard InChI is InChI=1S/C17H26N4O4/c1-2-14(12-23)19-16(24)13-3-4-15(18-11-13)17(25)21-7-5-20(6-8-21)9-10-22/h3-4,11,14,22-23H,2,5-10,12H2,1H3,(H,19,24). The molecule has 3 N–H and O–H groups in total. The number of carbonyl (C=O) groups excluding carboxylic acids is 2. The Balaban J connectivity index is 1.93. The Morgan fingerprint density at radius 3 is 2.48 bits per heavy atom. The van der Waals surface area contributed by atoms with Crippen LogP contribution in [0.15, 0.2) is 18.3 Å². The van der Waals surface area contributed by atoms with Crippen LogP contribution in [0.3, 0.4) is 0 Å². The van der Waals surface area contributed by atoms with Crippen LogP contribution in [0, 0.1) is 0 Å². The minimum Gasteiger partial charge on any atom is -0.395 e. The first kappa shape index (κ1) is 19.3. The molecule has 0 bridgehead atoms. The molecule has 25 heavy (non-hydrogen) atoms. The van der Waals surface area contributed by atoms with Crippen LogP contribution >= 0.6 is 0 Å². The molecule has 138 valence electrons. The van der Waals surface area contributed by atoms with E-state index in [1.54, 1.807) is 17.0 Å². The molecule has 1 unspecified atom stereocenters. The van der Waals surface area contributed by atoms with Crippen LogP contribution < -0.4 is 5.32 Å². The van der Waals surface area contributed by atoms with Crippen LogP contribution in [-0.2, 0) is 0 Å². The molecule has 1 aromatic rings.